The van der Waals surface area contributed by atoms with E-state index < -0.39 is 6.04 Å². The molecule has 0 radical (unpaired) electrons. The van der Waals surface area contributed by atoms with Gasteiger partial charge in [-0.25, -0.2) is 8.78 Å². The van der Waals surface area contributed by atoms with Crippen molar-refractivity contribution in [1.29, 1.82) is 0 Å². The second-order valence-electron chi connectivity index (χ2n) is 4.95. The second kappa shape index (κ2) is 7.18. The summed E-state index contributed by atoms with van der Waals surface area (Å²) in [4.78, 5) is 1.91. The molecule has 2 nitrogen and oxygen atoms in total. The Morgan fingerprint density at radius 2 is 1.62 bits per heavy atom. The Balaban J connectivity index is 2.04. The van der Waals surface area contributed by atoms with Crippen LogP contribution >= 0.6 is 0 Å². The van der Waals surface area contributed by atoms with E-state index in [1.165, 1.54) is 12.1 Å². The number of nitrogens with two attached hydrogens (primary N) is 1. The smallest absolute Gasteiger partial charge is 0.146 e. The highest BCUT2D eigenvalue weighted by molar-refractivity contribution is 5.47. The zero-order valence-electron chi connectivity index (χ0n) is 12.1. The molecule has 2 aromatic carbocycles. The summed E-state index contributed by atoms with van der Waals surface area (Å²) in [6, 6.07) is 12.8. The van der Waals surface area contributed by atoms with Crippen molar-refractivity contribution in [3.05, 3.63) is 65.7 Å². The van der Waals surface area contributed by atoms with E-state index in [-0.39, 0.29) is 11.6 Å². The molecule has 0 saturated carbocycles. The van der Waals surface area contributed by atoms with Crippen LogP contribution in [0, 0.1) is 11.6 Å². The summed E-state index contributed by atoms with van der Waals surface area (Å²) in [6.45, 7) is 3.21. The van der Waals surface area contributed by atoms with E-state index in [0.29, 0.717) is 30.8 Å². The van der Waals surface area contributed by atoms with E-state index in [4.69, 9.17) is 5.73 Å². The van der Waals surface area contributed by atoms with Crippen LogP contribution in [-0.4, -0.2) is 13.1 Å². The number of hydrogen-bond acceptors (Lipinski definition) is 2. The zero-order chi connectivity index (χ0) is 15.2. The number of rotatable bonds is 6. The fourth-order valence-electron chi connectivity index (χ4n) is 2.38. The number of hydrogen-bond donors (Lipinski definition) is 1. The molecule has 0 aromatic heterocycles. The lowest BCUT2D eigenvalue weighted by Gasteiger charge is -2.25. The van der Waals surface area contributed by atoms with E-state index in [1.54, 1.807) is 36.4 Å². The van der Waals surface area contributed by atoms with Gasteiger partial charge >= 0.3 is 0 Å². The average Bonchev–Trinajstić information content (AvgIpc) is 2.49. The van der Waals surface area contributed by atoms with Gasteiger partial charge in [0.25, 0.3) is 0 Å². The summed E-state index contributed by atoms with van der Waals surface area (Å²) in [5.74, 6) is -0.544. The molecule has 0 aliphatic heterocycles. The Morgan fingerprint density at radius 1 is 1.00 bits per heavy atom. The molecule has 0 aliphatic carbocycles. The predicted octanol–water partition coefficient (Wildman–Crippen LogP) is 3.88. The predicted molar refractivity (Wildman–Crippen MR) is 82.2 cm³/mol. The molecule has 0 amide bonds. The minimum atomic E-state index is -0.396. The minimum Gasteiger partial charge on any atom is -0.369 e. The van der Waals surface area contributed by atoms with E-state index in [1.807, 2.05) is 11.8 Å². The summed E-state index contributed by atoms with van der Waals surface area (Å²) < 4.78 is 27.5. The van der Waals surface area contributed by atoms with Crippen LogP contribution in [0.4, 0.5) is 14.5 Å². The quantitative estimate of drug-likeness (QED) is 0.874. The molecule has 1 unspecified atom stereocenters. The summed E-state index contributed by atoms with van der Waals surface area (Å²) in [6.07, 6.45) is 0.559. The van der Waals surface area contributed by atoms with Crippen LogP contribution in [0.2, 0.25) is 0 Å². The highest BCUT2D eigenvalue weighted by atomic mass is 19.1. The maximum absolute atomic E-state index is 13.8. The Kier molecular flexibility index (Phi) is 5.28. The van der Waals surface area contributed by atoms with Crippen LogP contribution in [0.3, 0.4) is 0 Å². The van der Waals surface area contributed by atoms with Gasteiger partial charge in [0.1, 0.15) is 11.6 Å². The molecule has 2 rings (SSSR count). The van der Waals surface area contributed by atoms with Gasteiger partial charge in [-0.15, -0.1) is 0 Å². The lowest BCUT2D eigenvalue weighted by molar-refractivity contribution is 0.556. The van der Waals surface area contributed by atoms with Crippen molar-refractivity contribution >= 4 is 5.69 Å². The number of halogens is 2. The van der Waals surface area contributed by atoms with Gasteiger partial charge in [-0.1, -0.05) is 30.3 Å². The average molecular weight is 290 g/mol. The van der Waals surface area contributed by atoms with Gasteiger partial charge in [0.2, 0.25) is 0 Å². The summed E-state index contributed by atoms with van der Waals surface area (Å²) in [5, 5.41) is 0. The Hall–Kier alpha value is -1.94. The summed E-state index contributed by atoms with van der Waals surface area (Å²) >= 11 is 0. The Bertz CT molecular complexity index is 587. The molecule has 2 aromatic rings. The normalized spacial score (nSPS) is 12.2. The van der Waals surface area contributed by atoms with E-state index in [0.717, 1.165) is 0 Å². The zero-order valence-corrected chi connectivity index (χ0v) is 12.1. The van der Waals surface area contributed by atoms with Crippen LogP contribution in [0.25, 0.3) is 0 Å². The molecule has 1 atom stereocenters. The van der Waals surface area contributed by atoms with Gasteiger partial charge in [0.05, 0.1) is 5.69 Å². The van der Waals surface area contributed by atoms with Gasteiger partial charge in [-0.2, -0.15) is 0 Å². The van der Waals surface area contributed by atoms with Crippen molar-refractivity contribution in [3.63, 3.8) is 0 Å². The molecular formula is C17H20F2N2. The topological polar surface area (TPSA) is 29.3 Å². The molecular weight excluding hydrogens is 270 g/mol. The number of nitrogens with zero attached hydrogens (tertiary/aromatic N) is 1. The summed E-state index contributed by atoms with van der Waals surface area (Å²) in [5.41, 5.74) is 7.11. The van der Waals surface area contributed by atoms with Crippen molar-refractivity contribution in [3.8, 4) is 0 Å². The van der Waals surface area contributed by atoms with Crippen molar-refractivity contribution < 1.29 is 8.78 Å². The molecule has 0 bridgehead atoms. The third-order valence-corrected chi connectivity index (χ3v) is 3.59. The lowest BCUT2D eigenvalue weighted by Crippen LogP contribution is -2.28. The summed E-state index contributed by atoms with van der Waals surface area (Å²) in [7, 11) is 0. The SMILES string of the molecule is CCN(CCC(N)c1ccccc1F)c1ccccc1F. The molecule has 21 heavy (non-hydrogen) atoms. The highest BCUT2D eigenvalue weighted by Crippen LogP contribution is 2.22. The van der Waals surface area contributed by atoms with Crippen LogP contribution in [0.5, 0.6) is 0 Å². The number of para-hydroxylation sites is 1. The number of benzene rings is 2. The first-order valence-electron chi connectivity index (χ1n) is 7.13. The molecule has 0 aliphatic rings. The first kappa shape index (κ1) is 15.4. The molecule has 2 N–H and O–H groups in total. The molecule has 0 spiro atoms. The fourth-order valence-corrected chi connectivity index (χ4v) is 2.38. The number of anilines is 1. The van der Waals surface area contributed by atoms with E-state index in [2.05, 4.69) is 0 Å². The third-order valence-electron chi connectivity index (χ3n) is 3.59. The largest absolute Gasteiger partial charge is 0.369 e. The Morgan fingerprint density at radius 3 is 2.24 bits per heavy atom. The second-order valence-corrected chi connectivity index (χ2v) is 4.95. The lowest BCUT2D eigenvalue weighted by atomic mass is 10.0. The van der Waals surface area contributed by atoms with E-state index in [9.17, 15) is 8.78 Å². The van der Waals surface area contributed by atoms with Crippen molar-refractivity contribution in [2.45, 2.75) is 19.4 Å². The third kappa shape index (κ3) is 3.79. The monoisotopic (exact) mass is 290 g/mol. The highest BCUT2D eigenvalue weighted by Gasteiger charge is 2.14. The Labute approximate surface area is 124 Å². The minimum absolute atomic E-state index is 0.251. The molecule has 112 valence electrons. The van der Waals surface area contributed by atoms with Crippen LogP contribution in [0.1, 0.15) is 24.9 Å². The van der Waals surface area contributed by atoms with Gasteiger partial charge in [-0.05, 0) is 31.5 Å². The van der Waals surface area contributed by atoms with Gasteiger partial charge < -0.3 is 10.6 Å². The maximum Gasteiger partial charge on any atom is 0.146 e. The van der Waals surface area contributed by atoms with Crippen LogP contribution in [-0.2, 0) is 0 Å². The van der Waals surface area contributed by atoms with Crippen LogP contribution < -0.4 is 10.6 Å². The molecule has 0 saturated heterocycles. The fraction of sp³-hybridized carbons (Fsp3) is 0.294. The maximum atomic E-state index is 13.8. The van der Waals surface area contributed by atoms with Crippen molar-refractivity contribution in [2.75, 3.05) is 18.0 Å². The first-order chi connectivity index (χ1) is 10.1. The molecule has 4 heteroatoms. The van der Waals surface area contributed by atoms with Crippen LogP contribution in [0.15, 0.2) is 48.5 Å². The first-order valence-corrected chi connectivity index (χ1v) is 7.13. The standard InChI is InChI=1S/C17H20F2N2/c1-2-21(17-10-6-5-9-15(17)19)12-11-16(20)13-7-3-4-8-14(13)18/h3-10,16H,2,11-12,20H2,1H3. The van der Waals surface area contributed by atoms with Gasteiger partial charge in [0.15, 0.2) is 0 Å². The molecule has 0 fully saturated rings. The molecule has 0 heterocycles. The van der Waals surface area contributed by atoms with Gasteiger partial charge in [-0.3, -0.25) is 0 Å². The van der Waals surface area contributed by atoms with Crippen molar-refractivity contribution in [2.24, 2.45) is 5.73 Å². The van der Waals surface area contributed by atoms with Gasteiger partial charge in [0, 0.05) is 24.7 Å². The van der Waals surface area contributed by atoms with E-state index >= 15 is 0 Å². The van der Waals surface area contributed by atoms with Crippen molar-refractivity contribution in [1.82, 2.24) is 0 Å².